The molecule has 0 saturated heterocycles. The van der Waals surface area contributed by atoms with Crippen LogP contribution in [0, 0.1) is 0 Å². The van der Waals surface area contributed by atoms with Crippen LogP contribution in [-0.4, -0.2) is 25.8 Å². The van der Waals surface area contributed by atoms with Crippen LogP contribution in [0.5, 0.6) is 0 Å². The van der Waals surface area contributed by atoms with Gasteiger partial charge in [-0.05, 0) is 42.8 Å². The molecule has 4 rings (SSSR count). The van der Waals surface area contributed by atoms with Crippen LogP contribution >= 0.6 is 0 Å². The van der Waals surface area contributed by atoms with Gasteiger partial charge in [-0.1, -0.05) is 36.4 Å². The van der Waals surface area contributed by atoms with Gasteiger partial charge in [0.25, 0.3) is 5.91 Å². The normalized spacial score (nSPS) is 11.9. The quantitative estimate of drug-likeness (QED) is 0.523. The predicted molar refractivity (Wildman–Crippen MR) is 109 cm³/mol. The first-order chi connectivity index (χ1) is 13.7. The largest absolute Gasteiger partial charge is 0.326 e. The molecule has 0 radical (unpaired) electrons. The number of benzene rings is 2. The lowest BCUT2D eigenvalue weighted by Crippen LogP contribution is -2.33. The van der Waals surface area contributed by atoms with Gasteiger partial charge in [-0.2, -0.15) is 0 Å². The molecule has 0 unspecified atom stereocenters. The Kier molecular flexibility index (Phi) is 5.06. The SMILES string of the molecule is C[C@H](c1ccccc1)N(Cc1ccccn1)C(=O)c1ccc2nccnc2c1. The molecule has 0 aliphatic heterocycles. The Balaban J connectivity index is 1.71. The number of nitrogens with zero attached hydrogens (tertiary/aromatic N) is 4. The summed E-state index contributed by atoms with van der Waals surface area (Å²) < 4.78 is 0. The van der Waals surface area contributed by atoms with Crippen molar-refractivity contribution in [1.29, 1.82) is 0 Å². The monoisotopic (exact) mass is 368 g/mol. The van der Waals surface area contributed by atoms with Crippen LogP contribution in [0.4, 0.5) is 0 Å². The lowest BCUT2D eigenvalue weighted by molar-refractivity contribution is 0.0671. The number of carbonyl (C=O) groups excluding carboxylic acids is 1. The number of fused-ring (bicyclic) bond motifs is 1. The molecule has 138 valence electrons. The average molecular weight is 368 g/mol. The zero-order chi connectivity index (χ0) is 19.3. The van der Waals surface area contributed by atoms with Gasteiger partial charge >= 0.3 is 0 Å². The number of hydrogen-bond acceptors (Lipinski definition) is 4. The van der Waals surface area contributed by atoms with Crippen molar-refractivity contribution in [3.05, 3.63) is 102 Å². The second kappa shape index (κ2) is 7.96. The molecule has 0 fully saturated rings. The molecule has 2 heterocycles. The van der Waals surface area contributed by atoms with E-state index in [0.717, 1.165) is 16.8 Å². The second-order valence-corrected chi connectivity index (χ2v) is 6.60. The van der Waals surface area contributed by atoms with Crippen LogP contribution in [0.25, 0.3) is 11.0 Å². The van der Waals surface area contributed by atoms with Gasteiger partial charge in [-0.25, -0.2) is 0 Å². The topological polar surface area (TPSA) is 59.0 Å². The van der Waals surface area contributed by atoms with Crippen molar-refractivity contribution >= 4 is 16.9 Å². The van der Waals surface area contributed by atoms with Crippen molar-refractivity contribution in [2.24, 2.45) is 0 Å². The highest BCUT2D eigenvalue weighted by Gasteiger charge is 2.24. The maximum absolute atomic E-state index is 13.5. The third kappa shape index (κ3) is 3.74. The third-order valence-electron chi connectivity index (χ3n) is 4.79. The van der Waals surface area contributed by atoms with Crippen LogP contribution in [0.15, 0.2) is 85.3 Å². The van der Waals surface area contributed by atoms with Crippen LogP contribution in [0.1, 0.15) is 34.6 Å². The van der Waals surface area contributed by atoms with E-state index in [1.54, 1.807) is 24.7 Å². The van der Waals surface area contributed by atoms with Crippen LogP contribution in [0.2, 0.25) is 0 Å². The first-order valence-electron chi connectivity index (χ1n) is 9.19. The van der Waals surface area contributed by atoms with Gasteiger partial charge in [0, 0.05) is 24.2 Å². The van der Waals surface area contributed by atoms with Crippen LogP contribution in [0.3, 0.4) is 0 Å². The fourth-order valence-corrected chi connectivity index (χ4v) is 3.22. The molecule has 2 aromatic heterocycles. The lowest BCUT2D eigenvalue weighted by atomic mass is 10.0. The van der Waals surface area contributed by atoms with E-state index in [2.05, 4.69) is 15.0 Å². The smallest absolute Gasteiger partial charge is 0.254 e. The fourth-order valence-electron chi connectivity index (χ4n) is 3.22. The van der Waals surface area contributed by atoms with E-state index in [-0.39, 0.29) is 11.9 Å². The van der Waals surface area contributed by atoms with Crippen molar-refractivity contribution in [2.45, 2.75) is 19.5 Å². The highest BCUT2D eigenvalue weighted by Crippen LogP contribution is 2.25. The highest BCUT2D eigenvalue weighted by molar-refractivity contribution is 5.97. The molecule has 28 heavy (non-hydrogen) atoms. The molecule has 1 amide bonds. The van der Waals surface area contributed by atoms with E-state index >= 15 is 0 Å². The van der Waals surface area contributed by atoms with Crippen molar-refractivity contribution in [3.8, 4) is 0 Å². The summed E-state index contributed by atoms with van der Waals surface area (Å²) in [6, 6.07) is 21.1. The average Bonchev–Trinajstić information content (AvgIpc) is 2.77. The molecule has 0 saturated carbocycles. The summed E-state index contributed by atoms with van der Waals surface area (Å²) in [6.45, 7) is 2.46. The van der Waals surface area contributed by atoms with Gasteiger partial charge in [0.2, 0.25) is 0 Å². The number of pyridine rings is 1. The Morgan fingerprint density at radius 3 is 2.36 bits per heavy atom. The van der Waals surface area contributed by atoms with Crippen molar-refractivity contribution in [3.63, 3.8) is 0 Å². The third-order valence-corrected chi connectivity index (χ3v) is 4.79. The summed E-state index contributed by atoms with van der Waals surface area (Å²) in [5.74, 6) is -0.0606. The summed E-state index contributed by atoms with van der Waals surface area (Å²) >= 11 is 0. The summed E-state index contributed by atoms with van der Waals surface area (Å²) in [7, 11) is 0. The predicted octanol–water partition coefficient (Wildman–Crippen LogP) is 4.43. The molecule has 1 atom stereocenters. The van der Waals surface area contributed by atoms with E-state index in [4.69, 9.17) is 0 Å². The summed E-state index contributed by atoms with van der Waals surface area (Å²) in [5, 5.41) is 0. The minimum absolute atomic E-state index is 0.0606. The molecule has 5 nitrogen and oxygen atoms in total. The molecule has 0 aliphatic carbocycles. The minimum atomic E-state index is -0.103. The van der Waals surface area contributed by atoms with Gasteiger partial charge in [-0.15, -0.1) is 0 Å². The molecule has 0 aliphatic rings. The van der Waals surface area contributed by atoms with E-state index in [1.165, 1.54) is 0 Å². The van der Waals surface area contributed by atoms with Gasteiger partial charge in [-0.3, -0.25) is 19.7 Å². The zero-order valence-electron chi connectivity index (χ0n) is 15.6. The first kappa shape index (κ1) is 17.8. The fraction of sp³-hybridized carbons (Fsp3) is 0.130. The van der Waals surface area contributed by atoms with Crippen LogP contribution in [-0.2, 0) is 6.54 Å². The summed E-state index contributed by atoms with van der Waals surface area (Å²) in [6.07, 6.45) is 5.03. The Morgan fingerprint density at radius 2 is 1.61 bits per heavy atom. The van der Waals surface area contributed by atoms with E-state index in [1.807, 2.05) is 72.5 Å². The highest BCUT2D eigenvalue weighted by atomic mass is 16.2. The summed E-state index contributed by atoms with van der Waals surface area (Å²) in [4.78, 5) is 28.3. The molecule has 2 aromatic carbocycles. The van der Waals surface area contributed by atoms with Gasteiger partial charge in [0.05, 0.1) is 29.3 Å². The number of carbonyl (C=O) groups is 1. The number of rotatable bonds is 5. The molecular formula is C23H20N4O. The Morgan fingerprint density at radius 1 is 0.857 bits per heavy atom. The molecule has 4 aromatic rings. The molecule has 5 heteroatoms. The number of hydrogen-bond donors (Lipinski definition) is 0. The Labute approximate surface area is 163 Å². The molecule has 0 bridgehead atoms. The van der Waals surface area contributed by atoms with Gasteiger partial charge in [0.1, 0.15) is 0 Å². The Bertz CT molecular complexity index is 1080. The van der Waals surface area contributed by atoms with E-state index < -0.39 is 0 Å². The van der Waals surface area contributed by atoms with Gasteiger partial charge in [0.15, 0.2) is 0 Å². The zero-order valence-corrected chi connectivity index (χ0v) is 15.6. The second-order valence-electron chi connectivity index (χ2n) is 6.60. The lowest BCUT2D eigenvalue weighted by Gasteiger charge is -2.29. The van der Waals surface area contributed by atoms with Crippen LogP contribution < -0.4 is 0 Å². The van der Waals surface area contributed by atoms with Crippen molar-refractivity contribution in [2.75, 3.05) is 0 Å². The molecule has 0 spiro atoms. The summed E-state index contributed by atoms with van der Waals surface area (Å²) in [5.41, 5.74) is 3.99. The van der Waals surface area contributed by atoms with Crippen molar-refractivity contribution < 1.29 is 4.79 Å². The number of amides is 1. The molecule has 0 N–H and O–H groups in total. The standard InChI is InChI=1S/C23H20N4O/c1-17(18-7-3-2-4-8-18)27(16-20-9-5-6-12-24-20)23(28)19-10-11-21-22(15-19)26-14-13-25-21/h2-15,17H,16H2,1H3/t17-/m1/s1. The van der Waals surface area contributed by atoms with Gasteiger partial charge < -0.3 is 4.90 Å². The van der Waals surface area contributed by atoms with E-state index in [0.29, 0.717) is 17.6 Å². The van der Waals surface area contributed by atoms with Crippen molar-refractivity contribution in [1.82, 2.24) is 19.9 Å². The minimum Gasteiger partial charge on any atom is -0.326 e. The van der Waals surface area contributed by atoms with E-state index in [9.17, 15) is 4.79 Å². The maximum Gasteiger partial charge on any atom is 0.254 e. The number of aromatic nitrogens is 3. The maximum atomic E-state index is 13.5. The first-order valence-corrected chi connectivity index (χ1v) is 9.19. The molecular weight excluding hydrogens is 348 g/mol. The Hall–Kier alpha value is -3.60.